The highest BCUT2D eigenvalue weighted by atomic mass is 32.2. The maximum atomic E-state index is 14.0. The summed E-state index contributed by atoms with van der Waals surface area (Å²) in [6, 6.07) is 22.3. The minimum atomic E-state index is -1.22. The zero-order valence-electron chi connectivity index (χ0n) is 18.4. The van der Waals surface area contributed by atoms with E-state index in [1.807, 2.05) is 74.5 Å². The first-order valence-electron chi connectivity index (χ1n) is 10.7. The van der Waals surface area contributed by atoms with E-state index in [2.05, 4.69) is 5.32 Å². The van der Waals surface area contributed by atoms with Gasteiger partial charge in [-0.05, 0) is 55.3 Å². The van der Waals surface area contributed by atoms with Crippen LogP contribution in [0.2, 0.25) is 0 Å². The van der Waals surface area contributed by atoms with Gasteiger partial charge in [-0.3, -0.25) is 24.2 Å². The maximum Gasteiger partial charge on any atom is 0.269 e. The van der Waals surface area contributed by atoms with Gasteiger partial charge in [0, 0.05) is 16.9 Å². The molecule has 5 rings (SSSR count). The molecule has 6 nitrogen and oxygen atoms in total. The molecule has 166 valence electrons. The van der Waals surface area contributed by atoms with E-state index in [4.69, 9.17) is 0 Å². The fourth-order valence-corrected chi connectivity index (χ4v) is 5.80. The third kappa shape index (κ3) is 3.40. The van der Waals surface area contributed by atoms with Crippen LogP contribution in [0.4, 0.5) is 17.1 Å². The Balaban J connectivity index is 1.54. The molecule has 1 N–H and O–H groups in total. The summed E-state index contributed by atoms with van der Waals surface area (Å²) in [5.41, 5.74) is 4.90. The summed E-state index contributed by atoms with van der Waals surface area (Å²) in [6.07, 6.45) is 0. The van der Waals surface area contributed by atoms with Crippen LogP contribution in [-0.2, 0) is 19.3 Å². The van der Waals surface area contributed by atoms with E-state index in [0.717, 1.165) is 16.7 Å². The smallest absolute Gasteiger partial charge is 0.269 e. The second-order valence-corrected chi connectivity index (χ2v) is 9.42. The van der Waals surface area contributed by atoms with Crippen molar-refractivity contribution in [2.45, 2.75) is 18.7 Å². The van der Waals surface area contributed by atoms with Crippen LogP contribution in [0.25, 0.3) is 0 Å². The minimum Gasteiger partial charge on any atom is -0.325 e. The predicted octanol–water partition coefficient (Wildman–Crippen LogP) is 4.22. The van der Waals surface area contributed by atoms with Crippen LogP contribution in [-0.4, -0.2) is 30.0 Å². The van der Waals surface area contributed by atoms with E-state index in [1.54, 1.807) is 17.0 Å². The van der Waals surface area contributed by atoms with Crippen molar-refractivity contribution in [3.63, 3.8) is 0 Å². The van der Waals surface area contributed by atoms with Crippen LogP contribution in [0.3, 0.4) is 0 Å². The third-order valence-electron chi connectivity index (χ3n) is 6.17. The van der Waals surface area contributed by atoms with Crippen molar-refractivity contribution in [2.24, 2.45) is 0 Å². The number of aryl methyl sites for hydroxylation is 2. The highest BCUT2D eigenvalue weighted by Crippen LogP contribution is 2.55. The van der Waals surface area contributed by atoms with Crippen LogP contribution < -0.4 is 15.1 Å². The highest BCUT2D eigenvalue weighted by Gasteiger charge is 2.61. The fraction of sp³-hybridized carbons (Fsp3) is 0.192. The van der Waals surface area contributed by atoms with Gasteiger partial charge < -0.3 is 5.32 Å². The molecule has 2 heterocycles. The van der Waals surface area contributed by atoms with Gasteiger partial charge in [-0.2, -0.15) is 0 Å². The van der Waals surface area contributed by atoms with Crippen molar-refractivity contribution in [3.05, 3.63) is 89.5 Å². The molecule has 7 heteroatoms. The molecular formula is C26H23N3O3S. The molecule has 0 unspecified atom stereocenters. The molecule has 0 aromatic heterocycles. The number of thioether (sulfide) groups is 1. The lowest BCUT2D eigenvalue weighted by Gasteiger charge is -2.33. The number of rotatable bonds is 4. The Kier molecular flexibility index (Phi) is 5.21. The zero-order chi connectivity index (χ0) is 23.2. The quantitative estimate of drug-likeness (QED) is 0.637. The topological polar surface area (TPSA) is 69.7 Å². The Bertz CT molecular complexity index is 1280. The Morgan fingerprint density at radius 2 is 1.70 bits per heavy atom. The average Bonchev–Trinajstić information content (AvgIpc) is 3.27. The van der Waals surface area contributed by atoms with E-state index in [-0.39, 0.29) is 30.0 Å². The lowest BCUT2D eigenvalue weighted by molar-refractivity contribution is -0.124. The van der Waals surface area contributed by atoms with E-state index < -0.39 is 4.87 Å². The number of hydrogen-bond acceptors (Lipinski definition) is 4. The number of amides is 3. The number of carbonyl (C=O) groups is 3. The molecule has 3 aromatic carbocycles. The second kappa shape index (κ2) is 8.08. The van der Waals surface area contributed by atoms with Gasteiger partial charge in [0.1, 0.15) is 6.54 Å². The van der Waals surface area contributed by atoms with E-state index in [9.17, 15) is 14.4 Å². The Morgan fingerprint density at radius 1 is 0.970 bits per heavy atom. The molecule has 3 amide bonds. The van der Waals surface area contributed by atoms with Gasteiger partial charge in [-0.1, -0.05) is 42.5 Å². The predicted molar refractivity (Wildman–Crippen MR) is 131 cm³/mol. The van der Waals surface area contributed by atoms with Crippen molar-refractivity contribution in [3.8, 4) is 0 Å². The zero-order valence-corrected chi connectivity index (χ0v) is 19.2. The van der Waals surface area contributed by atoms with Gasteiger partial charge in [0.15, 0.2) is 0 Å². The summed E-state index contributed by atoms with van der Waals surface area (Å²) in [5, 5.41) is 2.84. The number of hydrogen-bond donors (Lipinski definition) is 1. The van der Waals surface area contributed by atoms with Crippen LogP contribution in [0.1, 0.15) is 16.7 Å². The summed E-state index contributed by atoms with van der Waals surface area (Å²) >= 11 is 1.31. The van der Waals surface area contributed by atoms with Gasteiger partial charge in [0.25, 0.3) is 5.91 Å². The molecule has 0 saturated carbocycles. The first-order valence-corrected chi connectivity index (χ1v) is 11.7. The second-order valence-electron chi connectivity index (χ2n) is 8.25. The largest absolute Gasteiger partial charge is 0.325 e. The molecule has 0 bridgehead atoms. The molecule has 0 radical (unpaired) electrons. The maximum absolute atomic E-state index is 14.0. The van der Waals surface area contributed by atoms with Crippen molar-refractivity contribution in [2.75, 3.05) is 27.4 Å². The Labute approximate surface area is 196 Å². The molecule has 2 aliphatic heterocycles. The van der Waals surface area contributed by atoms with Crippen molar-refractivity contribution < 1.29 is 14.4 Å². The Morgan fingerprint density at radius 3 is 2.45 bits per heavy atom. The molecule has 1 atom stereocenters. The monoisotopic (exact) mass is 457 g/mol. The fourth-order valence-electron chi connectivity index (χ4n) is 4.44. The lowest BCUT2D eigenvalue weighted by atomic mass is 10.0. The van der Waals surface area contributed by atoms with E-state index in [0.29, 0.717) is 17.1 Å². The molecule has 3 aromatic rings. The SMILES string of the molecule is Cc1ccc(N2C(=O)CS[C@]23C(=O)N(CC(=O)Nc2ccccc2)c2ccccc23)cc1C. The van der Waals surface area contributed by atoms with Gasteiger partial charge in [-0.25, -0.2) is 0 Å². The molecule has 0 aliphatic carbocycles. The normalized spacial score (nSPS) is 19.3. The van der Waals surface area contributed by atoms with Gasteiger partial charge in [0.05, 0.1) is 11.4 Å². The van der Waals surface area contributed by atoms with Gasteiger partial charge >= 0.3 is 0 Å². The summed E-state index contributed by atoms with van der Waals surface area (Å²) in [5.74, 6) is -0.506. The molecule has 1 fully saturated rings. The first-order chi connectivity index (χ1) is 15.9. The number of anilines is 3. The lowest BCUT2D eigenvalue weighted by Crippen LogP contribution is -2.50. The highest BCUT2D eigenvalue weighted by molar-refractivity contribution is 8.02. The standard InChI is InChI=1S/C26H23N3O3S/c1-17-12-13-20(14-18(17)2)29-24(31)16-33-26(29)21-10-6-7-11-22(21)28(25(26)32)15-23(30)27-19-8-4-3-5-9-19/h3-14H,15-16H2,1-2H3,(H,27,30)/t26-/m1/s1. The minimum absolute atomic E-state index is 0.123. The molecule has 1 saturated heterocycles. The van der Waals surface area contributed by atoms with Crippen LogP contribution in [0, 0.1) is 13.8 Å². The number of para-hydroxylation sites is 2. The molecular weight excluding hydrogens is 434 g/mol. The first kappa shape index (κ1) is 21.3. The van der Waals surface area contributed by atoms with Crippen LogP contribution in [0.15, 0.2) is 72.8 Å². The van der Waals surface area contributed by atoms with Crippen molar-refractivity contribution >= 4 is 46.5 Å². The van der Waals surface area contributed by atoms with E-state index >= 15 is 0 Å². The van der Waals surface area contributed by atoms with Gasteiger partial charge in [0.2, 0.25) is 16.7 Å². The molecule has 1 spiro atoms. The molecule has 2 aliphatic rings. The summed E-state index contributed by atoms with van der Waals surface area (Å²) < 4.78 is 0. The number of fused-ring (bicyclic) bond motifs is 2. The van der Waals surface area contributed by atoms with Crippen LogP contribution in [0.5, 0.6) is 0 Å². The number of nitrogens with one attached hydrogen (secondary N) is 1. The van der Waals surface area contributed by atoms with Crippen molar-refractivity contribution in [1.82, 2.24) is 0 Å². The molecule has 33 heavy (non-hydrogen) atoms. The van der Waals surface area contributed by atoms with Crippen molar-refractivity contribution in [1.29, 1.82) is 0 Å². The van der Waals surface area contributed by atoms with Crippen LogP contribution >= 0.6 is 11.8 Å². The van der Waals surface area contributed by atoms with Gasteiger partial charge in [-0.15, -0.1) is 11.8 Å². The summed E-state index contributed by atoms with van der Waals surface area (Å²) in [7, 11) is 0. The summed E-state index contributed by atoms with van der Waals surface area (Å²) in [6.45, 7) is 3.87. The Hall–Kier alpha value is -3.58. The summed E-state index contributed by atoms with van der Waals surface area (Å²) in [4.78, 5) is 41.8. The average molecular weight is 458 g/mol. The number of nitrogens with zero attached hydrogens (tertiary/aromatic N) is 2. The number of benzene rings is 3. The van der Waals surface area contributed by atoms with E-state index in [1.165, 1.54) is 16.7 Å². The third-order valence-corrected chi connectivity index (χ3v) is 7.56. The number of carbonyl (C=O) groups excluding carboxylic acids is 3.